The third-order valence-corrected chi connectivity index (χ3v) is 19.5. The Bertz CT molecular complexity index is 4250. The van der Waals surface area contributed by atoms with E-state index in [4.69, 9.17) is 73.7 Å². The van der Waals surface area contributed by atoms with Gasteiger partial charge in [-0.05, 0) is 111 Å². The topological polar surface area (TPSA) is 452 Å². The van der Waals surface area contributed by atoms with Gasteiger partial charge in [-0.1, -0.05) is 60.4 Å². The number of hydrazine groups is 1. The zero-order chi connectivity index (χ0) is 82.3. The Morgan fingerprint density at radius 1 is 0.739 bits per heavy atom. The first-order valence-corrected chi connectivity index (χ1v) is 39.2. The molecule has 3 aromatic carbocycles. The van der Waals surface area contributed by atoms with Crippen LogP contribution < -0.4 is 53.2 Å². The molecule has 2 aliphatic heterocycles. The van der Waals surface area contributed by atoms with Gasteiger partial charge >= 0.3 is 30.2 Å². The van der Waals surface area contributed by atoms with E-state index in [1.807, 2.05) is 36.1 Å². The van der Waals surface area contributed by atoms with Crippen molar-refractivity contribution in [3.05, 3.63) is 128 Å². The van der Waals surface area contributed by atoms with Crippen molar-refractivity contribution >= 4 is 90.8 Å². The maximum absolute atomic E-state index is 15.5. The molecule has 6 aromatic rings. The van der Waals surface area contributed by atoms with Crippen LogP contribution in [-0.4, -0.2) is 245 Å². The molecule has 626 valence electrons. The standard InChI is InChI=1S/C76H103FN16O20S2/c1-50(2)65(78)70(97)82-60(15-8-23-80-72(79)100)69(96)81-55-20-19-53(54(45-55)46-91(5)76(102)113-49-56-47-92(89-86-56)26-29-104-31-33-106-35-37-108-39-41-110-43-42-109-40-38-107-36-34-105-32-30-103-28-22-64(94)95)48-112-75(101)90(4)24-9-12-52-18-21-61(58(77)44-52)111-27-11-17-63-66(71(98)99)84-74(115-63)93-25-10-13-57-51(3)67(87-88-68(57)93)85-73-83-59-14-6-7-16-62(59)114-73/h6-7,14,16,18-21,44-45,47,50,60,65,87-88H,8,10-11,13,15,17,22-43,46,48-49,78H2,1-5H3,(H,81,96)(H,82,97)(H,83,85)(H,94,95)(H,98,99)(H3,79,80,100)/t60-,65-/m0/s1. The van der Waals surface area contributed by atoms with Crippen molar-refractivity contribution in [1.29, 1.82) is 0 Å². The van der Waals surface area contributed by atoms with Gasteiger partial charge in [-0.15, -0.1) is 16.4 Å². The maximum atomic E-state index is 15.5. The van der Waals surface area contributed by atoms with E-state index in [2.05, 4.69) is 59.3 Å². The van der Waals surface area contributed by atoms with E-state index < -0.39 is 59.9 Å². The van der Waals surface area contributed by atoms with Gasteiger partial charge in [0.1, 0.15) is 36.6 Å². The highest BCUT2D eigenvalue weighted by Gasteiger charge is 2.32. The minimum atomic E-state index is -1.16. The third-order valence-electron chi connectivity index (χ3n) is 17.4. The smallest absolute Gasteiger partial charge is 0.410 e. The van der Waals surface area contributed by atoms with Crippen LogP contribution in [0.1, 0.15) is 97.0 Å². The van der Waals surface area contributed by atoms with Gasteiger partial charge < -0.3 is 110 Å². The number of carbonyl (C=O) groups excluding carboxylic acids is 5. The number of benzene rings is 3. The summed E-state index contributed by atoms with van der Waals surface area (Å²) in [4.78, 5) is 103. The van der Waals surface area contributed by atoms with Crippen molar-refractivity contribution in [2.45, 2.75) is 104 Å². The number of nitrogens with two attached hydrogens (primary N) is 2. The van der Waals surface area contributed by atoms with Crippen LogP contribution in [0.2, 0.25) is 0 Å². The van der Waals surface area contributed by atoms with Crippen molar-refractivity contribution in [2.24, 2.45) is 17.4 Å². The second kappa shape index (κ2) is 48.7. The molecule has 0 fully saturated rings. The zero-order valence-corrected chi connectivity index (χ0v) is 66.8. The normalized spacial score (nSPS) is 13.1. The molecular formula is C76H103FN16O20S2. The molecule has 5 heterocycles. The number of carbonyl (C=O) groups is 7. The molecule has 0 unspecified atom stereocenters. The van der Waals surface area contributed by atoms with Crippen LogP contribution in [0.5, 0.6) is 5.75 Å². The summed E-state index contributed by atoms with van der Waals surface area (Å²) < 4.78 is 79.0. The van der Waals surface area contributed by atoms with Crippen LogP contribution in [0.25, 0.3) is 10.2 Å². The van der Waals surface area contributed by atoms with Crippen LogP contribution in [0.3, 0.4) is 0 Å². The number of aromatic carboxylic acids is 1. The number of para-hydroxylation sites is 1. The fourth-order valence-corrected chi connectivity index (χ4v) is 13.1. The second-order valence-electron chi connectivity index (χ2n) is 26.5. The lowest BCUT2D eigenvalue weighted by Crippen LogP contribution is -2.51. The number of rotatable bonds is 52. The lowest BCUT2D eigenvalue weighted by atomic mass is 9.98. The fourth-order valence-electron chi connectivity index (χ4n) is 11.1. The van der Waals surface area contributed by atoms with Crippen molar-refractivity contribution in [3.63, 3.8) is 0 Å². The molecule has 115 heavy (non-hydrogen) atoms. The van der Waals surface area contributed by atoms with Gasteiger partial charge in [-0.2, -0.15) is 0 Å². The van der Waals surface area contributed by atoms with E-state index >= 15 is 4.39 Å². The molecule has 2 atom stereocenters. The molecule has 0 radical (unpaired) electrons. The predicted octanol–water partition coefficient (Wildman–Crippen LogP) is 6.31. The number of hydrogen-bond donors (Lipinski definition) is 10. The highest BCUT2D eigenvalue weighted by Crippen LogP contribution is 2.38. The van der Waals surface area contributed by atoms with E-state index in [1.165, 1.54) is 47.4 Å². The number of carboxylic acid groups (broad SMARTS) is 2. The predicted molar refractivity (Wildman–Crippen MR) is 422 cm³/mol. The van der Waals surface area contributed by atoms with Crippen molar-refractivity contribution in [2.75, 3.05) is 162 Å². The number of ether oxygens (including phenoxy) is 11. The largest absolute Gasteiger partial charge is 0.491 e. The highest BCUT2D eigenvalue weighted by molar-refractivity contribution is 7.22. The Labute approximate surface area is 673 Å². The summed E-state index contributed by atoms with van der Waals surface area (Å²) in [5, 5.41) is 39.7. The van der Waals surface area contributed by atoms with Gasteiger partial charge in [-0.3, -0.25) is 25.2 Å². The van der Waals surface area contributed by atoms with Gasteiger partial charge in [0.05, 0.1) is 154 Å². The Morgan fingerprint density at radius 3 is 2.03 bits per heavy atom. The monoisotopic (exact) mass is 1640 g/mol. The molecule has 39 heteroatoms. The molecule has 0 saturated carbocycles. The van der Waals surface area contributed by atoms with Crippen LogP contribution in [0.4, 0.5) is 34.7 Å². The molecule has 0 bridgehead atoms. The molecular weight excluding hydrogens is 1540 g/mol. The minimum absolute atomic E-state index is 0.0281. The Morgan fingerprint density at radius 2 is 1.39 bits per heavy atom. The molecule has 6 amide bonds. The molecule has 36 nitrogen and oxygen atoms in total. The summed E-state index contributed by atoms with van der Waals surface area (Å²) in [6.45, 7) is 11.7. The number of primary amides is 1. The van der Waals surface area contributed by atoms with Gasteiger partial charge in [-0.25, -0.2) is 38.2 Å². The lowest BCUT2D eigenvalue weighted by Gasteiger charge is -2.36. The van der Waals surface area contributed by atoms with E-state index in [9.17, 15) is 38.7 Å². The number of nitrogens with one attached hydrogen (secondary N) is 6. The summed E-state index contributed by atoms with van der Waals surface area (Å²) in [5.74, 6) is 3.12. The first-order chi connectivity index (χ1) is 55.6. The number of halogens is 1. The quantitative estimate of drug-likeness (QED) is 0.0148. The Balaban J connectivity index is 0.759. The number of urea groups is 1. The van der Waals surface area contributed by atoms with Crippen LogP contribution in [0, 0.1) is 23.6 Å². The SMILES string of the molecule is CC1=C(Nc2nc3ccccc3s2)NNC2=C1CCCN2c1nc(C(=O)O)c(CCCOc2ccc(C#CCN(C)C(=O)OCc3ccc(NC(=O)[C@H](CCCNC(N)=O)NC(=O)[C@@H](N)C(C)C)cc3CN(C)C(=O)OCc3cn(CCOCCOCCOCCOCCOCCOCCOCCOCCC(=O)O)nn3)cc2F)s1. The number of carboxylic acids is 2. The average molecular weight is 1640 g/mol. The summed E-state index contributed by atoms with van der Waals surface area (Å²) in [7, 11) is 2.95. The number of allylic oxidation sites excluding steroid dienone is 2. The zero-order valence-electron chi connectivity index (χ0n) is 65.2. The Kier molecular flexibility index (Phi) is 38.2. The number of aliphatic carboxylic acids is 1. The molecule has 0 spiro atoms. The molecule has 12 N–H and O–H groups in total. The molecule has 3 aromatic heterocycles. The number of hydrogen-bond acceptors (Lipinski definition) is 29. The molecule has 0 aliphatic carbocycles. The molecule has 8 rings (SSSR count). The molecule has 0 saturated heterocycles. The number of anilines is 3. The first kappa shape index (κ1) is 90.2. The van der Waals surface area contributed by atoms with Gasteiger partial charge in [0, 0.05) is 55.4 Å². The number of thiazole rings is 2. The van der Waals surface area contributed by atoms with Crippen molar-refractivity contribution in [1.82, 2.24) is 56.2 Å². The second-order valence-corrected chi connectivity index (χ2v) is 28.6. The van der Waals surface area contributed by atoms with Crippen LogP contribution in [-0.2, 0) is 94.5 Å². The number of aromatic nitrogens is 5. The van der Waals surface area contributed by atoms with Crippen LogP contribution >= 0.6 is 22.7 Å². The van der Waals surface area contributed by atoms with E-state index in [0.29, 0.717) is 157 Å². The average Bonchev–Trinajstić information content (AvgIpc) is 1.71. The third kappa shape index (κ3) is 31.1. The van der Waals surface area contributed by atoms with E-state index in [0.717, 1.165) is 51.0 Å². The fraction of sp³-hybridized carbons (Fsp3) is 0.513. The first-order valence-electron chi connectivity index (χ1n) is 37.6. The minimum Gasteiger partial charge on any atom is -0.491 e. The Hall–Kier alpha value is -10.4. The van der Waals surface area contributed by atoms with Gasteiger partial charge in [0.2, 0.25) is 11.8 Å². The van der Waals surface area contributed by atoms with E-state index in [1.54, 1.807) is 60.3 Å². The number of nitrogens with zero attached hydrogens (tertiary/aromatic N) is 8. The van der Waals surface area contributed by atoms with Gasteiger partial charge in [0.25, 0.3) is 0 Å². The van der Waals surface area contributed by atoms with Crippen molar-refractivity contribution < 1.29 is 100 Å². The summed E-state index contributed by atoms with van der Waals surface area (Å²) in [6.07, 6.45) is 2.70. The number of amides is 6. The molecule has 2 aliphatic rings. The van der Waals surface area contributed by atoms with Gasteiger partial charge in [0.15, 0.2) is 27.5 Å². The maximum Gasteiger partial charge on any atom is 0.410 e. The highest BCUT2D eigenvalue weighted by atomic mass is 32.1. The number of fused-ring (bicyclic) bond motifs is 1. The summed E-state index contributed by atoms with van der Waals surface area (Å²) in [5.41, 5.74) is 22.7. The van der Waals surface area contributed by atoms with E-state index in [-0.39, 0.29) is 88.4 Å². The lowest BCUT2D eigenvalue weighted by molar-refractivity contribution is -0.138. The summed E-state index contributed by atoms with van der Waals surface area (Å²) >= 11 is 2.84. The van der Waals surface area contributed by atoms with Crippen molar-refractivity contribution in [3.8, 4) is 17.6 Å². The van der Waals surface area contributed by atoms with Crippen LogP contribution in [0.15, 0.2) is 89.6 Å². The summed E-state index contributed by atoms with van der Waals surface area (Å²) in [6, 6.07) is 14.1. The number of aryl methyl sites for hydroxylation is 1.